The maximum absolute atomic E-state index is 12.0. The van der Waals surface area contributed by atoms with Crippen molar-refractivity contribution in [1.29, 1.82) is 0 Å². The molecule has 0 aliphatic heterocycles. The zero-order chi connectivity index (χ0) is 13.1. The highest BCUT2D eigenvalue weighted by Crippen LogP contribution is 2.20. The fraction of sp³-hybridized carbons (Fsp3) is 0.500. The molecule has 0 saturated carbocycles. The van der Waals surface area contributed by atoms with Gasteiger partial charge in [-0.1, -0.05) is 31.5 Å². The van der Waals surface area contributed by atoms with Gasteiger partial charge in [0, 0.05) is 11.3 Å². The number of nitrogen functional groups attached to an aromatic ring is 1. The monoisotopic (exact) mass is 272 g/mol. The van der Waals surface area contributed by atoms with E-state index in [1.54, 1.807) is 13.8 Å². The summed E-state index contributed by atoms with van der Waals surface area (Å²) in [5, 5.41) is 8.08. The SMILES string of the molecule is C#CCSc1nnc(C(C)(C)CCl)c(=O)n1N. The fourth-order valence-electron chi connectivity index (χ4n) is 1.08. The molecule has 0 aliphatic carbocycles. The van der Waals surface area contributed by atoms with E-state index in [0.717, 1.165) is 4.68 Å². The van der Waals surface area contributed by atoms with Crippen LogP contribution in [0.4, 0.5) is 0 Å². The van der Waals surface area contributed by atoms with Gasteiger partial charge in [0.25, 0.3) is 5.56 Å². The van der Waals surface area contributed by atoms with Crippen molar-refractivity contribution in [2.45, 2.75) is 24.4 Å². The van der Waals surface area contributed by atoms with Crippen LogP contribution in [0.3, 0.4) is 0 Å². The highest BCUT2D eigenvalue weighted by molar-refractivity contribution is 7.99. The number of nitrogens with two attached hydrogens (primary N) is 1. The van der Waals surface area contributed by atoms with E-state index in [9.17, 15) is 4.79 Å². The lowest BCUT2D eigenvalue weighted by molar-refractivity contribution is 0.525. The van der Waals surface area contributed by atoms with E-state index in [2.05, 4.69) is 16.1 Å². The minimum Gasteiger partial charge on any atom is -0.334 e. The van der Waals surface area contributed by atoms with Crippen LogP contribution in [0, 0.1) is 12.3 Å². The first kappa shape index (κ1) is 13.9. The molecule has 0 amide bonds. The van der Waals surface area contributed by atoms with E-state index in [0.29, 0.717) is 10.9 Å². The molecule has 0 bridgehead atoms. The van der Waals surface area contributed by atoms with Crippen LogP contribution in [0.2, 0.25) is 0 Å². The van der Waals surface area contributed by atoms with Gasteiger partial charge in [-0.25, -0.2) is 0 Å². The molecule has 1 aromatic rings. The molecule has 17 heavy (non-hydrogen) atoms. The largest absolute Gasteiger partial charge is 0.334 e. The average molecular weight is 273 g/mol. The Labute approximate surface area is 109 Å². The number of rotatable bonds is 4. The lowest BCUT2D eigenvalue weighted by Crippen LogP contribution is -2.39. The second kappa shape index (κ2) is 5.43. The van der Waals surface area contributed by atoms with Crippen molar-refractivity contribution >= 4 is 23.4 Å². The van der Waals surface area contributed by atoms with E-state index < -0.39 is 11.0 Å². The number of nitrogens with zero attached hydrogens (tertiary/aromatic N) is 3. The molecule has 0 spiro atoms. The first-order valence-corrected chi connectivity index (χ1v) is 6.33. The Morgan fingerprint density at radius 3 is 2.76 bits per heavy atom. The Bertz CT molecular complexity index is 506. The van der Waals surface area contributed by atoms with Gasteiger partial charge in [-0.15, -0.1) is 28.2 Å². The van der Waals surface area contributed by atoms with Crippen LogP contribution in [0.5, 0.6) is 0 Å². The predicted octanol–water partition coefficient (Wildman–Crippen LogP) is 0.594. The van der Waals surface area contributed by atoms with Gasteiger partial charge < -0.3 is 5.84 Å². The summed E-state index contributed by atoms with van der Waals surface area (Å²) in [7, 11) is 0. The fourth-order valence-corrected chi connectivity index (χ4v) is 1.74. The Hall–Kier alpha value is -1.19. The smallest absolute Gasteiger partial charge is 0.295 e. The van der Waals surface area contributed by atoms with Crippen LogP contribution in [-0.4, -0.2) is 26.5 Å². The first-order chi connectivity index (χ1) is 7.94. The van der Waals surface area contributed by atoms with Gasteiger partial charge in [0.2, 0.25) is 5.16 Å². The number of hydrogen-bond acceptors (Lipinski definition) is 5. The quantitative estimate of drug-likeness (QED) is 0.376. The summed E-state index contributed by atoms with van der Waals surface area (Å²) in [4.78, 5) is 12.0. The van der Waals surface area contributed by atoms with Crippen LogP contribution in [0.1, 0.15) is 19.5 Å². The average Bonchev–Trinajstić information content (AvgIpc) is 2.30. The number of halogens is 1. The first-order valence-electron chi connectivity index (χ1n) is 4.81. The molecule has 5 nitrogen and oxygen atoms in total. The molecular formula is C10H13ClN4OS. The molecule has 92 valence electrons. The molecule has 0 unspecified atom stereocenters. The van der Waals surface area contributed by atoms with E-state index in [-0.39, 0.29) is 11.6 Å². The van der Waals surface area contributed by atoms with E-state index in [4.69, 9.17) is 23.9 Å². The summed E-state index contributed by atoms with van der Waals surface area (Å²) in [6.07, 6.45) is 5.12. The van der Waals surface area contributed by atoms with Gasteiger partial charge in [-0.3, -0.25) is 4.79 Å². The lowest BCUT2D eigenvalue weighted by Gasteiger charge is -2.19. The summed E-state index contributed by atoms with van der Waals surface area (Å²) in [6, 6.07) is 0. The maximum Gasteiger partial charge on any atom is 0.295 e. The van der Waals surface area contributed by atoms with Crippen LogP contribution < -0.4 is 11.4 Å². The molecule has 0 aromatic carbocycles. The normalized spacial score (nSPS) is 11.2. The maximum atomic E-state index is 12.0. The molecule has 1 rings (SSSR count). The van der Waals surface area contributed by atoms with Crippen LogP contribution >= 0.6 is 23.4 Å². The van der Waals surface area contributed by atoms with Gasteiger partial charge in [0.1, 0.15) is 5.69 Å². The van der Waals surface area contributed by atoms with Gasteiger partial charge in [0.15, 0.2) is 0 Å². The minimum atomic E-state index is -0.567. The Kier molecular flexibility index (Phi) is 4.43. The van der Waals surface area contributed by atoms with Crippen molar-refractivity contribution in [2.24, 2.45) is 0 Å². The third-order valence-electron chi connectivity index (χ3n) is 2.12. The topological polar surface area (TPSA) is 73.8 Å². The second-order valence-electron chi connectivity index (χ2n) is 4.02. The van der Waals surface area contributed by atoms with Crippen molar-refractivity contribution in [1.82, 2.24) is 14.9 Å². The Morgan fingerprint density at radius 2 is 2.24 bits per heavy atom. The summed E-state index contributed by atoms with van der Waals surface area (Å²) in [6.45, 7) is 3.61. The summed E-state index contributed by atoms with van der Waals surface area (Å²) < 4.78 is 0.957. The van der Waals surface area contributed by atoms with Gasteiger partial charge in [-0.2, -0.15) is 4.68 Å². The van der Waals surface area contributed by atoms with Crippen LogP contribution in [0.25, 0.3) is 0 Å². The molecule has 0 atom stereocenters. The predicted molar refractivity (Wildman–Crippen MR) is 69.7 cm³/mol. The lowest BCUT2D eigenvalue weighted by atomic mass is 9.92. The summed E-state index contributed by atoms with van der Waals surface area (Å²) >= 11 is 6.97. The summed E-state index contributed by atoms with van der Waals surface area (Å²) in [5.74, 6) is 8.70. The van der Waals surface area contributed by atoms with Gasteiger partial charge in [-0.05, 0) is 0 Å². The minimum absolute atomic E-state index is 0.250. The highest BCUT2D eigenvalue weighted by Gasteiger charge is 2.27. The zero-order valence-electron chi connectivity index (χ0n) is 9.61. The second-order valence-corrected chi connectivity index (χ2v) is 5.23. The molecule has 0 radical (unpaired) electrons. The molecular weight excluding hydrogens is 260 g/mol. The standard InChI is InChI=1S/C10H13ClN4OS/c1-4-5-17-9-14-13-7(8(16)15(9)12)10(2,3)6-11/h1H,5-6,12H2,2-3H3. The molecule has 1 aromatic heterocycles. The van der Waals surface area contributed by atoms with Crippen LogP contribution in [-0.2, 0) is 5.41 Å². The van der Waals surface area contributed by atoms with Crippen molar-refractivity contribution in [2.75, 3.05) is 17.5 Å². The summed E-state index contributed by atoms with van der Waals surface area (Å²) in [5.41, 5.74) is -0.715. The third-order valence-corrected chi connectivity index (χ3v) is 3.64. The molecule has 0 saturated heterocycles. The van der Waals surface area contributed by atoms with Crippen LogP contribution in [0.15, 0.2) is 9.95 Å². The van der Waals surface area contributed by atoms with Gasteiger partial charge >= 0.3 is 0 Å². The van der Waals surface area contributed by atoms with E-state index in [1.807, 2.05) is 0 Å². The molecule has 7 heteroatoms. The Morgan fingerprint density at radius 1 is 1.59 bits per heavy atom. The number of terminal acetylenes is 1. The van der Waals surface area contributed by atoms with Crippen molar-refractivity contribution in [3.8, 4) is 12.3 Å². The molecule has 1 heterocycles. The molecule has 0 aliphatic rings. The molecule has 0 fully saturated rings. The number of thioether (sulfide) groups is 1. The number of alkyl halides is 1. The third kappa shape index (κ3) is 2.93. The molecule has 2 N–H and O–H groups in total. The zero-order valence-corrected chi connectivity index (χ0v) is 11.2. The van der Waals surface area contributed by atoms with Crippen molar-refractivity contribution in [3.05, 3.63) is 16.0 Å². The number of aromatic nitrogens is 3. The highest BCUT2D eigenvalue weighted by atomic mass is 35.5. The van der Waals surface area contributed by atoms with Gasteiger partial charge in [0.05, 0.1) is 5.75 Å². The van der Waals surface area contributed by atoms with E-state index in [1.165, 1.54) is 11.8 Å². The number of hydrogen-bond donors (Lipinski definition) is 1. The van der Waals surface area contributed by atoms with Crippen molar-refractivity contribution < 1.29 is 0 Å². The Balaban J connectivity index is 3.21. The van der Waals surface area contributed by atoms with E-state index >= 15 is 0 Å². The van der Waals surface area contributed by atoms with Crippen molar-refractivity contribution in [3.63, 3.8) is 0 Å².